The molecule has 13 heavy (non-hydrogen) atoms. The molecule has 0 aromatic rings. The van der Waals surface area contributed by atoms with E-state index in [1.807, 2.05) is 0 Å². The molecule has 0 rings (SSSR count). The number of carboxylic acids is 1. The summed E-state index contributed by atoms with van der Waals surface area (Å²) in [6.07, 6.45) is 1.72. The first-order chi connectivity index (χ1) is 6.02. The van der Waals surface area contributed by atoms with Crippen LogP contribution >= 0.6 is 11.8 Å². The summed E-state index contributed by atoms with van der Waals surface area (Å²) >= 11 is 1.24. The molecule has 0 amide bonds. The van der Waals surface area contributed by atoms with Crippen LogP contribution in [-0.2, 0) is 14.3 Å². The highest BCUT2D eigenvalue weighted by atomic mass is 32.2. The number of carboxylic acid groups (broad SMARTS) is 1. The molecule has 0 bridgehead atoms. The van der Waals surface area contributed by atoms with Crippen LogP contribution in [0.25, 0.3) is 0 Å². The van der Waals surface area contributed by atoms with Crippen LogP contribution < -0.4 is 0 Å². The zero-order valence-corrected chi connectivity index (χ0v) is 8.63. The van der Waals surface area contributed by atoms with Gasteiger partial charge >= 0.3 is 11.9 Å². The summed E-state index contributed by atoms with van der Waals surface area (Å²) in [5, 5.41) is 7.93. The second-order valence-electron chi connectivity index (χ2n) is 2.42. The number of nitrogens with zero attached hydrogens (tertiary/aromatic N) is 1. The fourth-order valence-corrected chi connectivity index (χ4v) is 1.58. The molecule has 0 saturated heterocycles. The lowest BCUT2D eigenvalue weighted by Crippen LogP contribution is -2.39. The van der Waals surface area contributed by atoms with Gasteiger partial charge in [-0.15, -0.1) is 11.8 Å². The molecule has 0 aliphatic carbocycles. The maximum absolute atomic E-state index is 11.1. The average Bonchev–Trinajstić information content (AvgIpc) is 2.03. The summed E-state index contributed by atoms with van der Waals surface area (Å²) in [5.41, 5.74) is 0. The highest BCUT2D eigenvalue weighted by Gasteiger charge is 2.23. The molecular weight excluding hydrogens is 194 g/mol. The van der Waals surface area contributed by atoms with Gasteiger partial charge in [0.1, 0.15) is 0 Å². The summed E-state index contributed by atoms with van der Waals surface area (Å²) < 4.78 is 4.51. The molecule has 76 valence electrons. The number of esters is 1. The lowest BCUT2D eigenvalue weighted by Gasteiger charge is -2.21. The molecule has 0 spiro atoms. The minimum atomic E-state index is -0.967. The van der Waals surface area contributed by atoms with Crippen molar-refractivity contribution < 1.29 is 19.4 Å². The predicted molar refractivity (Wildman–Crippen MR) is 49.6 cm³/mol. The molecule has 0 aliphatic rings. The Kier molecular flexibility index (Phi) is 5.48. The van der Waals surface area contributed by atoms with E-state index in [0.717, 1.165) is 0 Å². The third kappa shape index (κ3) is 4.14. The lowest BCUT2D eigenvalue weighted by atomic mass is 10.5. The van der Waals surface area contributed by atoms with Gasteiger partial charge in [0.2, 0.25) is 0 Å². The highest BCUT2D eigenvalue weighted by Crippen LogP contribution is 2.11. The molecule has 0 saturated carbocycles. The minimum Gasteiger partial charge on any atom is -0.480 e. The Morgan fingerprint density at radius 1 is 1.62 bits per heavy atom. The number of ether oxygens (including phenoxy) is 1. The van der Waals surface area contributed by atoms with Crippen molar-refractivity contribution in [3.8, 4) is 0 Å². The van der Waals surface area contributed by atoms with E-state index in [2.05, 4.69) is 4.74 Å². The quantitative estimate of drug-likeness (QED) is 0.500. The van der Waals surface area contributed by atoms with Gasteiger partial charge in [0, 0.05) is 0 Å². The Labute approximate surface area is 81.0 Å². The first-order valence-corrected chi connectivity index (χ1v) is 4.84. The zero-order valence-electron chi connectivity index (χ0n) is 7.81. The van der Waals surface area contributed by atoms with Crippen molar-refractivity contribution in [2.75, 3.05) is 27.0 Å². The van der Waals surface area contributed by atoms with E-state index in [1.165, 1.54) is 23.8 Å². The van der Waals surface area contributed by atoms with Crippen molar-refractivity contribution >= 4 is 23.7 Å². The van der Waals surface area contributed by atoms with Crippen LogP contribution in [0.4, 0.5) is 0 Å². The third-order valence-electron chi connectivity index (χ3n) is 1.41. The van der Waals surface area contributed by atoms with Crippen LogP contribution in [0.1, 0.15) is 0 Å². The Bertz CT molecular complexity index is 197. The van der Waals surface area contributed by atoms with Crippen molar-refractivity contribution in [3.63, 3.8) is 0 Å². The molecule has 6 heteroatoms. The minimum absolute atomic E-state index is 0.180. The first-order valence-electron chi connectivity index (χ1n) is 3.55. The van der Waals surface area contributed by atoms with Gasteiger partial charge in [-0.2, -0.15) is 0 Å². The van der Waals surface area contributed by atoms with Crippen molar-refractivity contribution in [2.45, 2.75) is 5.37 Å². The largest absolute Gasteiger partial charge is 0.480 e. The molecular formula is C7H13NO4S. The Morgan fingerprint density at radius 2 is 2.15 bits per heavy atom. The predicted octanol–water partition coefficient (Wildman–Crippen LogP) is -0.135. The smallest absolute Gasteiger partial charge is 0.333 e. The topological polar surface area (TPSA) is 66.8 Å². The summed E-state index contributed by atoms with van der Waals surface area (Å²) in [5.74, 6) is -1.40. The molecule has 0 fully saturated rings. The van der Waals surface area contributed by atoms with Gasteiger partial charge in [-0.05, 0) is 13.3 Å². The number of hydrogen-bond donors (Lipinski definition) is 1. The second kappa shape index (κ2) is 5.82. The van der Waals surface area contributed by atoms with Gasteiger partial charge in [-0.25, -0.2) is 4.79 Å². The van der Waals surface area contributed by atoms with E-state index in [9.17, 15) is 9.59 Å². The molecule has 0 heterocycles. The van der Waals surface area contributed by atoms with Crippen LogP contribution in [0.2, 0.25) is 0 Å². The maximum atomic E-state index is 11.1. The normalized spacial score (nSPS) is 12.6. The van der Waals surface area contributed by atoms with Crippen LogP contribution in [0.3, 0.4) is 0 Å². The highest BCUT2D eigenvalue weighted by molar-refractivity contribution is 7.99. The van der Waals surface area contributed by atoms with E-state index >= 15 is 0 Å². The maximum Gasteiger partial charge on any atom is 0.333 e. The molecule has 1 N–H and O–H groups in total. The molecule has 1 atom stereocenters. The van der Waals surface area contributed by atoms with Crippen LogP contribution in [0.15, 0.2) is 0 Å². The zero-order chi connectivity index (χ0) is 10.4. The van der Waals surface area contributed by atoms with Gasteiger partial charge in [0.05, 0.1) is 13.7 Å². The fourth-order valence-electron chi connectivity index (χ4n) is 0.853. The Balaban J connectivity index is 4.22. The number of thioether (sulfide) groups is 1. The standard InChI is InChI=1S/C7H13NO4S/c1-8(4-5(9)10)6(13-3)7(11)12-2/h6H,4H2,1-3H3,(H,9,10)/t6-/m0/s1. The Morgan fingerprint density at radius 3 is 2.46 bits per heavy atom. The number of carbonyl (C=O) groups excluding carboxylic acids is 1. The molecule has 0 radical (unpaired) electrons. The van der Waals surface area contributed by atoms with Crippen LogP contribution in [-0.4, -0.2) is 54.3 Å². The van der Waals surface area contributed by atoms with Gasteiger partial charge in [0.15, 0.2) is 5.37 Å². The average molecular weight is 207 g/mol. The van der Waals surface area contributed by atoms with Crippen molar-refractivity contribution in [1.29, 1.82) is 0 Å². The van der Waals surface area contributed by atoms with E-state index in [0.29, 0.717) is 0 Å². The molecule has 0 unspecified atom stereocenters. The first kappa shape index (κ1) is 12.2. The summed E-state index contributed by atoms with van der Waals surface area (Å²) in [4.78, 5) is 22.8. The van der Waals surface area contributed by atoms with Crippen molar-refractivity contribution in [1.82, 2.24) is 4.90 Å². The Hall–Kier alpha value is -0.750. The number of aliphatic carboxylic acids is 1. The summed E-state index contributed by atoms with van der Waals surface area (Å²) in [6, 6.07) is 0. The lowest BCUT2D eigenvalue weighted by molar-refractivity contribution is -0.144. The number of carbonyl (C=O) groups is 2. The number of likely N-dealkylation sites (N-methyl/N-ethyl adjacent to an activating group) is 1. The molecule has 5 nitrogen and oxygen atoms in total. The van der Waals surface area contributed by atoms with Crippen LogP contribution in [0, 0.1) is 0 Å². The molecule has 0 aromatic carbocycles. The van der Waals surface area contributed by atoms with E-state index in [1.54, 1.807) is 13.3 Å². The number of methoxy groups -OCH3 is 1. The fraction of sp³-hybridized carbons (Fsp3) is 0.714. The third-order valence-corrected chi connectivity index (χ3v) is 2.41. The van der Waals surface area contributed by atoms with Gasteiger partial charge in [-0.1, -0.05) is 0 Å². The van der Waals surface area contributed by atoms with Crippen molar-refractivity contribution in [2.24, 2.45) is 0 Å². The van der Waals surface area contributed by atoms with Gasteiger partial charge < -0.3 is 9.84 Å². The molecule has 0 aromatic heterocycles. The summed E-state index contributed by atoms with van der Waals surface area (Å²) in [7, 11) is 2.84. The van der Waals surface area contributed by atoms with Gasteiger partial charge in [0.25, 0.3) is 0 Å². The van der Waals surface area contributed by atoms with E-state index < -0.39 is 17.3 Å². The monoisotopic (exact) mass is 207 g/mol. The van der Waals surface area contributed by atoms with E-state index in [-0.39, 0.29) is 6.54 Å². The second-order valence-corrected chi connectivity index (χ2v) is 3.34. The van der Waals surface area contributed by atoms with Crippen LogP contribution in [0.5, 0.6) is 0 Å². The number of rotatable bonds is 5. The van der Waals surface area contributed by atoms with E-state index in [4.69, 9.17) is 5.11 Å². The SMILES string of the molecule is COC(=O)[C@H](SC)N(C)CC(=O)O. The van der Waals surface area contributed by atoms with Gasteiger partial charge in [-0.3, -0.25) is 9.69 Å². The molecule has 0 aliphatic heterocycles. The van der Waals surface area contributed by atoms with Crippen molar-refractivity contribution in [3.05, 3.63) is 0 Å². The number of hydrogen-bond acceptors (Lipinski definition) is 5. The summed E-state index contributed by atoms with van der Waals surface area (Å²) in [6.45, 7) is -0.180.